The van der Waals surface area contributed by atoms with Crippen LogP contribution in [0.3, 0.4) is 0 Å². The molecule has 36 heavy (non-hydrogen) atoms. The van der Waals surface area contributed by atoms with E-state index in [-0.39, 0.29) is 30.5 Å². The number of aromatic nitrogens is 1. The normalized spacial score (nSPS) is 23.9. The third-order valence-corrected chi connectivity index (χ3v) is 8.15. The maximum atomic E-state index is 14.0. The van der Waals surface area contributed by atoms with E-state index in [1.807, 2.05) is 17.5 Å². The van der Waals surface area contributed by atoms with Crippen LogP contribution in [0.2, 0.25) is 10.0 Å². The van der Waals surface area contributed by atoms with Crippen LogP contribution in [0.15, 0.2) is 53.4 Å². The Morgan fingerprint density at radius 3 is 2.72 bits per heavy atom. The molecule has 1 aliphatic heterocycles. The number of nitrogens with zero attached hydrogens (tertiary/aromatic N) is 2. The van der Waals surface area contributed by atoms with Gasteiger partial charge in [0.2, 0.25) is 0 Å². The van der Waals surface area contributed by atoms with Crippen molar-refractivity contribution in [3.8, 4) is 0 Å². The summed E-state index contributed by atoms with van der Waals surface area (Å²) in [7, 11) is 0. The molecule has 2 aromatic carbocycles. The van der Waals surface area contributed by atoms with Crippen molar-refractivity contribution in [3.63, 3.8) is 0 Å². The summed E-state index contributed by atoms with van der Waals surface area (Å²) in [6.45, 7) is 0.131. The molecule has 1 saturated carbocycles. The minimum Gasteiger partial charge on any atom is -0.326 e. The van der Waals surface area contributed by atoms with Gasteiger partial charge in [0.05, 0.1) is 23.2 Å². The molecule has 188 valence electrons. The number of fused-ring (bicyclic) bond motifs is 1. The predicted octanol–water partition coefficient (Wildman–Crippen LogP) is 5.25. The lowest BCUT2D eigenvalue weighted by Crippen LogP contribution is -2.57. The molecular formula is C26H26Cl2N4O3S. The number of carbonyl (C=O) groups excluding carboxylic acids is 2. The fourth-order valence-electron chi connectivity index (χ4n) is 5.31. The highest BCUT2D eigenvalue weighted by Gasteiger charge is 2.48. The summed E-state index contributed by atoms with van der Waals surface area (Å²) in [6, 6.07) is 11.2. The largest absolute Gasteiger partial charge is 0.326 e. The van der Waals surface area contributed by atoms with Gasteiger partial charge in [-0.2, -0.15) is 0 Å². The molecule has 4 atom stereocenters. The fraction of sp³-hybridized carbons (Fsp3) is 0.346. The maximum Gasteiger partial charge on any atom is 0.255 e. The molecule has 2 heterocycles. The van der Waals surface area contributed by atoms with Gasteiger partial charge in [0.15, 0.2) is 0 Å². The van der Waals surface area contributed by atoms with Gasteiger partial charge >= 0.3 is 0 Å². The number of nitrogens with two attached hydrogens (primary N) is 1. The van der Waals surface area contributed by atoms with E-state index >= 15 is 0 Å². The molecule has 1 fully saturated rings. The third-order valence-electron chi connectivity index (χ3n) is 6.95. The van der Waals surface area contributed by atoms with Gasteiger partial charge in [-0.05, 0) is 42.2 Å². The molecule has 3 N–H and O–H groups in total. The van der Waals surface area contributed by atoms with Gasteiger partial charge < -0.3 is 10.6 Å². The highest BCUT2D eigenvalue weighted by Crippen LogP contribution is 2.47. The molecule has 2 aliphatic rings. The molecule has 5 rings (SSSR count). The summed E-state index contributed by atoms with van der Waals surface area (Å²) in [5, 5.41) is 2.71. The quantitative estimate of drug-likeness (QED) is 0.413. The average Bonchev–Trinajstić information content (AvgIpc) is 3.38. The van der Waals surface area contributed by atoms with Crippen LogP contribution < -0.4 is 11.2 Å². The standard InChI is InChI=1S/C26H26Cl2N4O3S/c27-15-9-10-19(20(28)11-15)24-23(25(33)31-35-12-16-13-36-14-30-16)17-5-1-2-6-18(17)26(34)32(24)22-8-4-3-7-21(22)29/h1-2,5-6,9-11,13-14,21-24H,3-4,7-8,12,29H2,(H,31,33)/t21-,22-,23+,24-/m0/s1. The van der Waals surface area contributed by atoms with Crippen LogP contribution in [0.4, 0.5) is 0 Å². The first-order valence-corrected chi connectivity index (χ1v) is 13.6. The fourth-order valence-corrected chi connectivity index (χ4v) is 6.37. The summed E-state index contributed by atoms with van der Waals surface area (Å²) >= 11 is 14.3. The number of nitrogens with one attached hydrogen (secondary N) is 1. The van der Waals surface area contributed by atoms with Crippen molar-refractivity contribution in [2.75, 3.05) is 0 Å². The Hall–Kier alpha value is -2.49. The second kappa shape index (κ2) is 10.9. The van der Waals surface area contributed by atoms with Crippen molar-refractivity contribution in [2.24, 2.45) is 5.73 Å². The molecule has 0 radical (unpaired) electrons. The number of rotatable bonds is 6. The Morgan fingerprint density at radius 2 is 1.97 bits per heavy atom. The van der Waals surface area contributed by atoms with Crippen molar-refractivity contribution >= 4 is 46.4 Å². The Balaban J connectivity index is 1.59. The number of carbonyl (C=O) groups is 2. The summed E-state index contributed by atoms with van der Waals surface area (Å²) in [4.78, 5) is 39.3. The molecule has 0 bridgehead atoms. The summed E-state index contributed by atoms with van der Waals surface area (Å²) in [5.41, 5.74) is 13.3. The zero-order valence-corrected chi connectivity index (χ0v) is 21.7. The average molecular weight is 545 g/mol. The number of hydroxylamine groups is 1. The zero-order chi connectivity index (χ0) is 25.2. The van der Waals surface area contributed by atoms with Crippen LogP contribution >= 0.6 is 34.5 Å². The zero-order valence-electron chi connectivity index (χ0n) is 19.4. The van der Waals surface area contributed by atoms with Crippen LogP contribution in [0.1, 0.15) is 64.8 Å². The van der Waals surface area contributed by atoms with Crippen molar-refractivity contribution in [2.45, 2.75) is 56.3 Å². The summed E-state index contributed by atoms with van der Waals surface area (Å²) in [5.74, 6) is -1.31. The van der Waals surface area contributed by atoms with Crippen LogP contribution in [0.25, 0.3) is 0 Å². The smallest absolute Gasteiger partial charge is 0.255 e. The summed E-state index contributed by atoms with van der Waals surface area (Å²) in [6.07, 6.45) is 3.53. The first-order chi connectivity index (χ1) is 17.5. The van der Waals surface area contributed by atoms with E-state index in [0.29, 0.717) is 32.4 Å². The number of amides is 2. The topological polar surface area (TPSA) is 97.5 Å². The van der Waals surface area contributed by atoms with E-state index in [1.165, 1.54) is 11.3 Å². The van der Waals surface area contributed by atoms with Crippen molar-refractivity contribution in [3.05, 3.63) is 85.8 Å². The van der Waals surface area contributed by atoms with Gasteiger partial charge in [-0.3, -0.25) is 14.4 Å². The number of thiazole rings is 1. The van der Waals surface area contributed by atoms with Crippen LogP contribution in [0.5, 0.6) is 0 Å². The molecule has 0 spiro atoms. The minimum absolute atomic E-state index is 0.131. The van der Waals surface area contributed by atoms with Crippen molar-refractivity contribution in [1.29, 1.82) is 0 Å². The second-order valence-corrected chi connectivity index (χ2v) is 10.7. The van der Waals surface area contributed by atoms with Gasteiger partial charge in [-0.25, -0.2) is 10.5 Å². The van der Waals surface area contributed by atoms with Gasteiger partial charge in [-0.15, -0.1) is 11.3 Å². The Labute approximate surface area is 223 Å². The van der Waals surface area contributed by atoms with E-state index in [2.05, 4.69) is 10.5 Å². The predicted molar refractivity (Wildman–Crippen MR) is 140 cm³/mol. The highest BCUT2D eigenvalue weighted by atomic mass is 35.5. The lowest BCUT2D eigenvalue weighted by Gasteiger charge is -2.48. The molecule has 7 nitrogen and oxygen atoms in total. The van der Waals surface area contributed by atoms with Gasteiger partial charge in [0, 0.05) is 33.1 Å². The van der Waals surface area contributed by atoms with E-state index < -0.39 is 12.0 Å². The Kier molecular flexibility index (Phi) is 7.60. The molecule has 0 unspecified atom stereocenters. The van der Waals surface area contributed by atoms with Crippen LogP contribution in [-0.4, -0.2) is 33.8 Å². The molecule has 10 heteroatoms. The number of hydrogen-bond donors (Lipinski definition) is 2. The number of hydrogen-bond acceptors (Lipinski definition) is 6. The molecule has 3 aromatic rings. The molecule has 1 aliphatic carbocycles. The first-order valence-electron chi connectivity index (χ1n) is 11.9. The van der Waals surface area contributed by atoms with Crippen molar-refractivity contribution < 1.29 is 14.4 Å². The molecule has 0 saturated heterocycles. The van der Waals surface area contributed by atoms with Gasteiger partial charge in [0.1, 0.15) is 6.61 Å². The van der Waals surface area contributed by atoms with Gasteiger partial charge in [-0.1, -0.05) is 60.3 Å². The lowest BCUT2D eigenvalue weighted by atomic mass is 9.76. The number of benzene rings is 2. The minimum atomic E-state index is -0.776. The lowest BCUT2D eigenvalue weighted by molar-refractivity contribution is -0.138. The maximum absolute atomic E-state index is 14.0. The van der Waals surface area contributed by atoms with E-state index in [1.54, 1.807) is 40.7 Å². The molecule has 2 amide bonds. The SMILES string of the molecule is N[C@H]1CCCC[C@@H]1N1C(=O)c2ccccc2[C@@H](C(=O)NOCc2cscn2)[C@@H]1c1ccc(Cl)cc1Cl. The second-order valence-electron chi connectivity index (χ2n) is 9.14. The van der Waals surface area contributed by atoms with Crippen molar-refractivity contribution in [1.82, 2.24) is 15.4 Å². The van der Waals surface area contributed by atoms with E-state index in [9.17, 15) is 9.59 Å². The Morgan fingerprint density at radius 1 is 1.17 bits per heavy atom. The van der Waals surface area contributed by atoms with E-state index in [0.717, 1.165) is 25.7 Å². The first kappa shape index (κ1) is 25.2. The monoisotopic (exact) mass is 544 g/mol. The summed E-state index contributed by atoms with van der Waals surface area (Å²) < 4.78 is 0. The van der Waals surface area contributed by atoms with Gasteiger partial charge in [0.25, 0.3) is 11.8 Å². The van der Waals surface area contributed by atoms with Crippen LogP contribution in [-0.2, 0) is 16.2 Å². The highest BCUT2D eigenvalue weighted by molar-refractivity contribution is 7.07. The van der Waals surface area contributed by atoms with E-state index in [4.69, 9.17) is 33.8 Å². The van der Waals surface area contributed by atoms with Crippen LogP contribution in [0, 0.1) is 0 Å². The molecular weight excluding hydrogens is 519 g/mol. The molecule has 1 aromatic heterocycles. The third kappa shape index (κ3) is 4.88. The number of halogens is 2. The Bertz CT molecular complexity index is 1260.